The molecule has 0 bridgehead atoms. The molecule has 0 amide bonds. The van der Waals surface area contributed by atoms with Crippen molar-refractivity contribution in [1.29, 1.82) is 0 Å². The summed E-state index contributed by atoms with van der Waals surface area (Å²) < 4.78 is 0. The molecule has 0 aliphatic rings. The van der Waals surface area contributed by atoms with Gasteiger partial charge in [-0.1, -0.05) is 64.4 Å². The van der Waals surface area contributed by atoms with Gasteiger partial charge in [0.25, 0.3) is 0 Å². The Hall–Kier alpha value is -0.700. The van der Waals surface area contributed by atoms with E-state index in [0.29, 0.717) is 0 Å². The third kappa shape index (κ3) is 3.91. The molecule has 2 heteroatoms. The average molecular weight is 302 g/mol. The summed E-state index contributed by atoms with van der Waals surface area (Å²) in [6.45, 7) is 9.34. The molecule has 2 aromatic carbocycles. The van der Waals surface area contributed by atoms with Crippen molar-refractivity contribution >= 4 is 26.5 Å². The molecule has 0 aromatic heterocycles. The molecule has 0 spiro atoms. The van der Waals surface area contributed by atoms with Gasteiger partial charge in [0, 0.05) is 0 Å². The van der Waals surface area contributed by atoms with Gasteiger partial charge in [-0.2, -0.15) is 0 Å². The summed E-state index contributed by atoms with van der Waals surface area (Å²) in [5.74, 6) is 0. The van der Waals surface area contributed by atoms with Crippen LogP contribution in [0.2, 0.25) is 0 Å². The van der Waals surface area contributed by atoms with E-state index in [4.69, 9.17) is 0 Å². The van der Waals surface area contributed by atoms with Gasteiger partial charge in [0.1, 0.15) is 0 Å². The van der Waals surface area contributed by atoms with E-state index in [1.807, 2.05) is 0 Å². The van der Waals surface area contributed by atoms with Gasteiger partial charge in [-0.3, -0.25) is 0 Å². The SMILES string of the molecule is Cc1ccccc1[P@@](C)CC[P@](C)c1ccccc1C. The highest BCUT2D eigenvalue weighted by Gasteiger charge is 2.12. The van der Waals surface area contributed by atoms with E-state index in [-0.39, 0.29) is 15.8 Å². The Balaban J connectivity index is 1.99. The largest absolute Gasteiger partial charge is 0.0779 e. The van der Waals surface area contributed by atoms with Crippen LogP contribution in [0.3, 0.4) is 0 Å². The lowest BCUT2D eigenvalue weighted by Crippen LogP contribution is -2.11. The highest BCUT2D eigenvalue weighted by molar-refractivity contribution is 7.68. The molecule has 0 fully saturated rings. The topological polar surface area (TPSA) is 0 Å². The second-order valence-electron chi connectivity index (χ2n) is 5.42. The molecular weight excluding hydrogens is 278 g/mol. The van der Waals surface area contributed by atoms with Crippen LogP contribution < -0.4 is 10.6 Å². The van der Waals surface area contributed by atoms with Crippen molar-refractivity contribution in [2.45, 2.75) is 13.8 Å². The molecule has 106 valence electrons. The van der Waals surface area contributed by atoms with Crippen molar-refractivity contribution in [3.05, 3.63) is 59.7 Å². The van der Waals surface area contributed by atoms with Gasteiger partial charge in [-0.05, 0) is 61.2 Å². The van der Waals surface area contributed by atoms with E-state index < -0.39 is 0 Å². The summed E-state index contributed by atoms with van der Waals surface area (Å²) in [6.07, 6.45) is 2.69. The number of hydrogen-bond acceptors (Lipinski definition) is 0. The predicted octanol–water partition coefficient (Wildman–Crippen LogP) is 4.48. The van der Waals surface area contributed by atoms with Crippen LogP contribution in [0.1, 0.15) is 11.1 Å². The molecule has 0 radical (unpaired) electrons. The fourth-order valence-corrected chi connectivity index (χ4v) is 7.44. The Kier molecular flexibility index (Phi) is 5.76. The maximum absolute atomic E-state index is 2.43. The number of benzene rings is 2. The Labute approximate surface area is 126 Å². The van der Waals surface area contributed by atoms with Crippen molar-refractivity contribution in [2.75, 3.05) is 25.7 Å². The molecule has 0 unspecified atom stereocenters. The summed E-state index contributed by atoms with van der Waals surface area (Å²) in [4.78, 5) is 0. The van der Waals surface area contributed by atoms with Crippen LogP contribution in [-0.2, 0) is 0 Å². The van der Waals surface area contributed by atoms with Crippen LogP contribution in [-0.4, -0.2) is 25.7 Å². The van der Waals surface area contributed by atoms with E-state index in [1.165, 1.54) is 23.5 Å². The molecule has 2 atom stereocenters. The van der Waals surface area contributed by atoms with E-state index in [0.717, 1.165) is 0 Å². The zero-order valence-electron chi connectivity index (χ0n) is 12.9. The van der Waals surface area contributed by atoms with Gasteiger partial charge in [-0.15, -0.1) is 0 Å². The highest BCUT2D eigenvalue weighted by Crippen LogP contribution is 2.38. The van der Waals surface area contributed by atoms with Gasteiger partial charge < -0.3 is 0 Å². The Morgan fingerprint density at radius 3 is 1.35 bits per heavy atom. The van der Waals surface area contributed by atoms with Crippen molar-refractivity contribution in [3.8, 4) is 0 Å². The van der Waals surface area contributed by atoms with Crippen LogP contribution >= 0.6 is 15.8 Å². The van der Waals surface area contributed by atoms with Gasteiger partial charge >= 0.3 is 0 Å². The maximum atomic E-state index is 2.43. The maximum Gasteiger partial charge on any atom is -0.0214 e. The zero-order chi connectivity index (χ0) is 14.5. The number of aryl methyl sites for hydroxylation is 2. The summed E-state index contributed by atoms with van der Waals surface area (Å²) in [6, 6.07) is 17.7. The second kappa shape index (κ2) is 7.35. The van der Waals surface area contributed by atoms with E-state index >= 15 is 0 Å². The summed E-state index contributed by atoms with van der Waals surface area (Å²) in [5, 5.41) is 3.16. The summed E-state index contributed by atoms with van der Waals surface area (Å²) in [7, 11) is -0.0256. The monoisotopic (exact) mass is 302 g/mol. The number of rotatable bonds is 5. The fraction of sp³-hybridized carbons (Fsp3) is 0.333. The summed E-state index contributed by atoms with van der Waals surface area (Å²) >= 11 is 0. The minimum atomic E-state index is -0.0128. The quantitative estimate of drug-likeness (QED) is 0.715. The van der Waals surface area contributed by atoms with Gasteiger partial charge in [0.05, 0.1) is 0 Å². The van der Waals surface area contributed by atoms with E-state index in [9.17, 15) is 0 Å². The second-order valence-corrected chi connectivity index (χ2v) is 10.1. The molecule has 0 saturated heterocycles. The Morgan fingerprint density at radius 2 is 1.00 bits per heavy atom. The first-order valence-corrected chi connectivity index (χ1v) is 11.1. The molecule has 0 nitrogen and oxygen atoms in total. The lowest BCUT2D eigenvalue weighted by Gasteiger charge is -2.19. The minimum absolute atomic E-state index is 0.0128. The normalized spacial score (nSPS) is 14.0. The molecule has 2 aromatic rings. The van der Waals surface area contributed by atoms with E-state index in [1.54, 1.807) is 10.6 Å². The standard InChI is InChI=1S/C18H24P2/c1-15-9-5-7-11-17(15)19(3)13-14-20(4)18-12-8-6-10-16(18)2/h5-12H,13-14H2,1-4H3/t19-,20-/m0/s1. The molecule has 0 aliphatic carbocycles. The molecule has 2 rings (SSSR count). The predicted molar refractivity (Wildman–Crippen MR) is 97.0 cm³/mol. The van der Waals surface area contributed by atoms with Crippen LogP contribution in [0, 0.1) is 13.8 Å². The third-order valence-corrected chi connectivity index (χ3v) is 8.61. The molecule has 0 N–H and O–H groups in total. The van der Waals surface area contributed by atoms with Crippen LogP contribution in [0.15, 0.2) is 48.5 Å². The lowest BCUT2D eigenvalue weighted by atomic mass is 10.2. The zero-order valence-corrected chi connectivity index (χ0v) is 14.7. The molecule has 20 heavy (non-hydrogen) atoms. The molecule has 0 saturated carbocycles. The molecule has 0 aliphatic heterocycles. The lowest BCUT2D eigenvalue weighted by molar-refractivity contribution is 1.46. The summed E-state index contributed by atoms with van der Waals surface area (Å²) in [5.41, 5.74) is 2.91. The molecular formula is C18H24P2. The van der Waals surface area contributed by atoms with Gasteiger partial charge in [0.2, 0.25) is 0 Å². The first-order chi connectivity index (χ1) is 9.59. The highest BCUT2D eigenvalue weighted by atomic mass is 31.1. The van der Waals surface area contributed by atoms with Crippen LogP contribution in [0.25, 0.3) is 0 Å². The fourth-order valence-electron chi connectivity index (χ4n) is 2.52. The van der Waals surface area contributed by atoms with Crippen molar-refractivity contribution in [2.24, 2.45) is 0 Å². The molecule has 0 heterocycles. The average Bonchev–Trinajstić information content (AvgIpc) is 2.45. The Morgan fingerprint density at radius 1 is 0.650 bits per heavy atom. The Bertz CT molecular complexity index is 511. The van der Waals surface area contributed by atoms with Crippen molar-refractivity contribution in [1.82, 2.24) is 0 Å². The van der Waals surface area contributed by atoms with Gasteiger partial charge in [-0.25, -0.2) is 0 Å². The smallest absolute Gasteiger partial charge is 0.0214 e. The van der Waals surface area contributed by atoms with Crippen molar-refractivity contribution < 1.29 is 0 Å². The third-order valence-electron chi connectivity index (χ3n) is 3.82. The first kappa shape index (κ1) is 15.7. The minimum Gasteiger partial charge on any atom is -0.0779 e. The van der Waals surface area contributed by atoms with E-state index in [2.05, 4.69) is 75.7 Å². The number of hydrogen-bond donors (Lipinski definition) is 0. The van der Waals surface area contributed by atoms with Crippen molar-refractivity contribution in [3.63, 3.8) is 0 Å². The van der Waals surface area contributed by atoms with Gasteiger partial charge in [0.15, 0.2) is 0 Å². The van der Waals surface area contributed by atoms with Crippen LogP contribution in [0.5, 0.6) is 0 Å². The first-order valence-electron chi connectivity index (χ1n) is 7.13. The van der Waals surface area contributed by atoms with Crippen LogP contribution in [0.4, 0.5) is 0 Å².